The number of aryl methyl sites for hydroxylation is 1. The highest BCUT2D eigenvalue weighted by atomic mass is 16.5. The molecule has 0 spiro atoms. The van der Waals surface area contributed by atoms with Gasteiger partial charge >= 0.3 is 11.9 Å². The molecule has 0 radical (unpaired) electrons. The van der Waals surface area contributed by atoms with Crippen LogP contribution in [-0.2, 0) is 20.8 Å². The van der Waals surface area contributed by atoms with Gasteiger partial charge in [-0.15, -0.1) is 0 Å². The number of Topliss-reactive ketones (excluding diaryl/α,β-unsaturated/α-hetero) is 1. The van der Waals surface area contributed by atoms with Crippen molar-refractivity contribution in [3.05, 3.63) is 71.0 Å². The van der Waals surface area contributed by atoms with Crippen molar-refractivity contribution in [3.63, 3.8) is 0 Å². The number of aromatic nitrogens is 1. The molecule has 0 aliphatic carbocycles. The Morgan fingerprint density at radius 3 is 2.45 bits per heavy atom. The summed E-state index contributed by atoms with van der Waals surface area (Å²) < 4.78 is 11.9. The van der Waals surface area contributed by atoms with Gasteiger partial charge in [0.15, 0.2) is 6.61 Å². The second-order valence-corrected chi connectivity index (χ2v) is 6.79. The SMILES string of the molecule is COC(=O)CCn1c(C)cc(C(=O)COC(=O)c2cccc3ccccc23)c1C. The fourth-order valence-corrected chi connectivity index (χ4v) is 3.42. The van der Waals surface area contributed by atoms with Gasteiger partial charge in [-0.3, -0.25) is 9.59 Å². The number of methoxy groups -OCH3 is 1. The molecule has 0 saturated heterocycles. The molecule has 0 bridgehead atoms. The van der Waals surface area contributed by atoms with E-state index in [1.807, 2.05) is 48.7 Å². The third kappa shape index (κ3) is 4.37. The number of nitrogens with zero attached hydrogens (tertiary/aromatic N) is 1. The summed E-state index contributed by atoms with van der Waals surface area (Å²) in [6, 6.07) is 14.7. The van der Waals surface area contributed by atoms with E-state index in [0.29, 0.717) is 17.7 Å². The predicted molar refractivity (Wildman–Crippen MR) is 109 cm³/mol. The monoisotopic (exact) mass is 393 g/mol. The molecule has 2 aromatic carbocycles. The largest absolute Gasteiger partial charge is 0.469 e. The Morgan fingerprint density at radius 1 is 0.966 bits per heavy atom. The number of carbonyl (C=O) groups is 3. The number of rotatable bonds is 7. The van der Waals surface area contributed by atoms with Crippen LogP contribution in [-0.4, -0.2) is 36.0 Å². The van der Waals surface area contributed by atoms with Crippen LogP contribution in [0.3, 0.4) is 0 Å². The maximum atomic E-state index is 12.6. The Balaban J connectivity index is 1.71. The van der Waals surface area contributed by atoms with E-state index >= 15 is 0 Å². The van der Waals surface area contributed by atoms with Crippen LogP contribution in [0.4, 0.5) is 0 Å². The first-order chi connectivity index (χ1) is 13.9. The Hall–Kier alpha value is -3.41. The third-order valence-electron chi connectivity index (χ3n) is 4.99. The summed E-state index contributed by atoms with van der Waals surface area (Å²) in [6.07, 6.45) is 0.219. The van der Waals surface area contributed by atoms with Gasteiger partial charge in [0.1, 0.15) is 0 Å². The average Bonchev–Trinajstić information content (AvgIpc) is 3.03. The van der Waals surface area contributed by atoms with Crippen molar-refractivity contribution >= 4 is 28.5 Å². The van der Waals surface area contributed by atoms with Crippen LogP contribution in [0.5, 0.6) is 0 Å². The molecule has 150 valence electrons. The van der Waals surface area contributed by atoms with Crippen molar-refractivity contribution in [2.24, 2.45) is 0 Å². The van der Waals surface area contributed by atoms with E-state index in [1.54, 1.807) is 18.2 Å². The standard InChI is InChI=1S/C23H23NO5/c1-15-13-20(16(2)24(15)12-11-22(26)28-3)21(25)14-29-23(27)19-10-6-8-17-7-4-5-9-18(17)19/h4-10,13H,11-12,14H2,1-3H3. The van der Waals surface area contributed by atoms with Crippen LogP contribution < -0.4 is 0 Å². The lowest BCUT2D eigenvalue weighted by Gasteiger charge is -2.09. The van der Waals surface area contributed by atoms with Gasteiger partial charge in [0.05, 0.1) is 19.1 Å². The topological polar surface area (TPSA) is 74.6 Å². The lowest BCUT2D eigenvalue weighted by Crippen LogP contribution is -2.15. The molecule has 0 aliphatic rings. The number of fused-ring (bicyclic) bond motifs is 1. The molecule has 0 fully saturated rings. The molecule has 0 N–H and O–H groups in total. The summed E-state index contributed by atoms with van der Waals surface area (Å²) in [5.74, 6) is -1.12. The van der Waals surface area contributed by atoms with Crippen LogP contribution in [0.25, 0.3) is 10.8 Å². The highest BCUT2D eigenvalue weighted by Gasteiger charge is 2.19. The number of ether oxygens (including phenoxy) is 2. The van der Waals surface area contributed by atoms with Gasteiger partial charge in [0.2, 0.25) is 5.78 Å². The Bertz CT molecular complexity index is 1070. The predicted octanol–water partition coefficient (Wildman–Crippen LogP) is 3.86. The van der Waals surface area contributed by atoms with Crippen LogP contribution in [0.15, 0.2) is 48.5 Å². The zero-order valence-electron chi connectivity index (χ0n) is 16.7. The number of esters is 2. The van der Waals surface area contributed by atoms with E-state index in [1.165, 1.54) is 7.11 Å². The van der Waals surface area contributed by atoms with Gasteiger partial charge in [0, 0.05) is 23.5 Å². The second-order valence-electron chi connectivity index (χ2n) is 6.79. The molecule has 0 saturated carbocycles. The van der Waals surface area contributed by atoms with E-state index in [-0.39, 0.29) is 24.8 Å². The van der Waals surface area contributed by atoms with Gasteiger partial charge in [-0.05, 0) is 36.8 Å². The van der Waals surface area contributed by atoms with Crippen LogP contribution in [0.2, 0.25) is 0 Å². The van der Waals surface area contributed by atoms with Crippen molar-refractivity contribution in [2.45, 2.75) is 26.8 Å². The molecule has 0 atom stereocenters. The Labute approximate surface area is 169 Å². The molecule has 1 aromatic heterocycles. The summed E-state index contributed by atoms with van der Waals surface area (Å²) in [5.41, 5.74) is 2.50. The number of hydrogen-bond donors (Lipinski definition) is 0. The highest BCUT2D eigenvalue weighted by molar-refractivity contribution is 6.06. The normalized spacial score (nSPS) is 10.7. The smallest absolute Gasteiger partial charge is 0.339 e. The number of benzene rings is 2. The summed E-state index contributed by atoms with van der Waals surface area (Å²) >= 11 is 0. The minimum Gasteiger partial charge on any atom is -0.469 e. The molecule has 6 nitrogen and oxygen atoms in total. The quantitative estimate of drug-likeness (QED) is 0.450. The summed E-state index contributed by atoms with van der Waals surface area (Å²) in [4.78, 5) is 36.6. The minimum absolute atomic E-state index is 0.219. The molecule has 1 heterocycles. The maximum absolute atomic E-state index is 12.6. The second kappa shape index (κ2) is 8.73. The fourth-order valence-electron chi connectivity index (χ4n) is 3.42. The summed E-state index contributed by atoms with van der Waals surface area (Å²) in [6.45, 7) is 3.75. The zero-order chi connectivity index (χ0) is 21.0. The maximum Gasteiger partial charge on any atom is 0.339 e. The lowest BCUT2D eigenvalue weighted by molar-refractivity contribution is -0.140. The van der Waals surface area contributed by atoms with Gasteiger partial charge < -0.3 is 14.0 Å². The molecule has 0 unspecified atom stereocenters. The zero-order valence-corrected chi connectivity index (χ0v) is 16.7. The van der Waals surface area contributed by atoms with Crippen molar-refractivity contribution in [3.8, 4) is 0 Å². The first-order valence-electron chi connectivity index (χ1n) is 9.34. The van der Waals surface area contributed by atoms with Crippen molar-refractivity contribution in [2.75, 3.05) is 13.7 Å². The van der Waals surface area contributed by atoms with E-state index in [4.69, 9.17) is 4.74 Å². The van der Waals surface area contributed by atoms with Crippen LogP contribution in [0, 0.1) is 13.8 Å². The van der Waals surface area contributed by atoms with Crippen molar-refractivity contribution in [1.29, 1.82) is 0 Å². The molecular formula is C23H23NO5. The number of hydrogen-bond acceptors (Lipinski definition) is 5. The average molecular weight is 393 g/mol. The van der Waals surface area contributed by atoms with Gasteiger partial charge in [0.25, 0.3) is 0 Å². The van der Waals surface area contributed by atoms with Crippen LogP contribution in [0.1, 0.15) is 38.5 Å². The lowest BCUT2D eigenvalue weighted by atomic mass is 10.0. The molecule has 0 amide bonds. The molecule has 0 aliphatic heterocycles. The summed E-state index contributed by atoms with van der Waals surface area (Å²) in [7, 11) is 1.34. The van der Waals surface area contributed by atoms with Gasteiger partial charge in [-0.1, -0.05) is 36.4 Å². The molecule has 6 heteroatoms. The number of ketones is 1. The van der Waals surface area contributed by atoms with Crippen molar-refractivity contribution in [1.82, 2.24) is 4.57 Å². The summed E-state index contributed by atoms with van der Waals surface area (Å²) in [5, 5.41) is 1.72. The molecule has 3 aromatic rings. The van der Waals surface area contributed by atoms with Crippen molar-refractivity contribution < 1.29 is 23.9 Å². The van der Waals surface area contributed by atoms with Gasteiger partial charge in [-0.25, -0.2) is 4.79 Å². The first-order valence-corrected chi connectivity index (χ1v) is 9.34. The van der Waals surface area contributed by atoms with Gasteiger partial charge in [-0.2, -0.15) is 0 Å². The molecular weight excluding hydrogens is 370 g/mol. The highest BCUT2D eigenvalue weighted by Crippen LogP contribution is 2.20. The van der Waals surface area contributed by atoms with E-state index in [0.717, 1.165) is 22.2 Å². The van der Waals surface area contributed by atoms with E-state index in [9.17, 15) is 14.4 Å². The minimum atomic E-state index is -0.533. The van der Waals surface area contributed by atoms with E-state index in [2.05, 4.69) is 4.74 Å². The Kier molecular flexibility index (Phi) is 6.12. The Morgan fingerprint density at radius 2 is 1.69 bits per heavy atom. The first kappa shape index (κ1) is 20.3. The molecule has 3 rings (SSSR count). The third-order valence-corrected chi connectivity index (χ3v) is 4.99. The van der Waals surface area contributed by atoms with Crippen LogP contribution >= 0.6 is 0 Å². The fraction of sp³-hybridized carbons (Fsp3) is 0.261. The molecule has 29 heavy (non-hydrogen) atoms. The number of carbonyl (C=O) groups excluding carboxylic acids is 3. The van der Waals surface area contributed by atoms with E-state index < -0.39 is 5.97 Å².